The lowest BCUT2D eigenvalue weighted by Crippen LogP contribution is -2.42. The first-order chi connectivity index (χ1) is 13.4. The van der Waals surface area contributed by atoms with Crippen LogP contribution in [0.15, 0.2) is 53.4 Å². The Hall–Kier alpha value is -2.82. The molecule has 1 saturated heterocycles. The predicted molar refractivity (Wildman–Crippen MR) is 97.4 cm³/mol. The van der Waals surface area contributed by atoms with E-state index in [9.17, 15) is 22.4 Å². The molecule has 0 aliphatic carbocycles. The maximum atomic E-state index is 12.9. The molecule has 2 aromatic carbocycles. The lowest BCUT2D eigenvalue weighted by Gasteiger charge is -2.26. The van der Waals surface area contributed by atoms with Gasteiger partial charge in [0.1, 0.15) is 5.82 Å². The van der Waals surface area contributed by atoms with Gasteiger partial charge in [-0.15, -0.1) is 0 Å². The summed E-state index contributed by atoms with van der Waals surface area (Å²) in [6.07, 6.45) is 0. The van der Waals surface area contributed by atoms with E-state index in [0.717, 1.165) is 12.1 Å². The van der Waals surface area contributed by atoms with E-state index in [1.807, 2.05) is 0 Å². The molecule has 8 nitrogen and oxygen atoms in total. The van der Waals surface area contributed by atoms with Gasteiger partial charge in [0.05, 0.1) is 18.1 Å². The van der Waals surface area contributed by atoms with Crippen LogP contribution in [0.4, 0.5) is 4.39 Å². The van der Waals surface area contributed by atoms with Crippen LogP contribution >= 0.6 is 0 Å². The summed E-state index contributed by atoms with van der Waals surface area (Å²) in [6, 6.07) is 10.3. The second-order valence-electron chi connectivity index (χ2n) is 5.96. The highest BCUT2D eigenvalue weighted by atomic mass is 32.2. The molecule has 10 heteroatoms. The number of nitrogens with zero attached hydrogens (tertiary/aromatic N) is 1. The molecule has 0 bridgehead atoms. The summed E-state index contributed by atoms with van der Waals surface area (Å²) >= 11 is 0. The summed E-state index contributed by atoms with van der Waals surface area (Å²) in [5, 5.41) is 0. The zero-order valence-electron chi connectivity index (χ0n) is 14.7. The number of carbonyl (C=O) groups is 2. The average Bonchev–Trinajstić information content (AvgIpc) is 2.73. The van der Waals surface area contributed by atoms with Gasteiger partial charge in [-0.25, -0.2) is 12.8 Å². The minimum atomic E-state index is -3.75. The van der Waals surface area contributed by atoms with Crippen molar-refractivity contribution in [3.05, 3.63) is 65.5 Å². The predicted octanol–water partition coefficient (Wildman–Crippen LogP) is 0.921. The molecule has 1 aliphatic rings. The van der Waals surface area contributed by atoms with Gasteiger partial charge < -0.3 is 4.74 Å². The van der Waals surface area contributed by atoms with E-state index in [0.29, 0.717) is 13.2 Å². The number of rotatable bonds is 4. The van der Waals surface area contributed by atoms with Gasteiger partial charge in [0.15, 0.2) is 0 Å². The first-order valence-corrected chi connectivity index (χ1v) is 9.86. The smallest absolute Gasteiger partial charge is 0.269 e. The first-order valence-electron chi connectivity index (χ1n) is 8.42. The van der Waals surface area contributed by atoms with Crippen LogP contribution in [0.2, 0.25) is 0 Å². The Morgan fingerprint density at radius 1 is 0.929 bits per heavy atom. The van der Waals surface area contributed by atoms with Crippen LogP contribution in [0.25, 0.3) is 0 Å². The first kappa shape index (κ1) is 19.9. The van der Waals surface area contributed by atoms with Crippen molar-refractivity contribution in [3.8, 4) is 0 Å². The summed E-state index contributed by atoms with van der Waals surface area (Å²) in [7, 11) is -3.75. The number of hydrogen-bond donors (Lipinski definition) is 2. The molecule has 3 rings (SSSR count). The average molecular weight is 407 g/mol. The molecule has 148 valence electrons. The Bertz CT molecular complexity index is 973. The quantitative estimate of drug-likeness (QED) is 0.734. The van der Waals surface area contributed by atoms with Crippen LogP contribution in [0.5, 0.6) is 0 Å². The number of sulfonamides is 1. The zero-order valence-corrected chi connectivity index (χ0v) is 15.5. The van der Waals surface area contributed by atoms with Crippen molar-refractivity contribution in [2.24, 2.45) is 0 Å². The van der Waals surface area contributed by atoms with Crippen LogP contribution in [0, 0.1) is 5.82 Å². The molecule has 2 amide bonds. The largest absolute Gasteiger partial charge is 0.379 e. The van der Waals surface area contributed by atoms with Gasteiger partial charge in [-0.05, 0) is 42.5 Å². The number of benzene rings is 2. The van der Waals surface area contributed by atoms with Crippen LogP contribution < -0.4 is 10.9 Å². The second kappa shape index (κ2) is 8.46. The van der Waals surface area contributed by atoms with Gasteiger partial charge in [0.25, 0.3) is 11.8 Å². The van der Waals surface area contributed by atoms with Crippen molar-refractivity contribution in [2.45, 2.75) is 4.90 Å². The number of carbonyl (C=O) groups excluding carboxylic acids is 2. The molecule has 0 spiro atoms. The number of amides is 2. The Morgan fingerprint density at radius 2 is 1.54 bits per heavy atom. The molecule has 1 aliphatic heterocycles. The summed E-state index contributed by atoms with van der Waals surface area (Å²) < 4.78 is 44.7. The third kappa shape index (κ3) is 4.53. The van der Waals surface area contributed by atoms with E-state index in [1.165, 1.54) is 40.7 Å². The lowest BCUT2D eigenvalue weighted by atomic mass is 10.2. The van der Waals surface area contributed by atoms with Crippen molar-refractivity contribution in [1.82, 2.24) is 15.2 Å². The molecular formula is C18H18FN3O5S. The summed E-state index contributed by atoms with van der Waals surface area (Å²) in [6.45, 7) is 1.11. The van der Waals surface area contributed by atoms with Crippen LogP contribution in [0.3, 0.4) is 0 Å². The molecular weight excluding hydrogens is 389 g/mol. The maximum absolute atomic E-state index is 12.9. The molecule has 2 N–H and O–H groups in total. The van der Waals surface area contributed by atoms with Gasteiger partial charge >= 0.3 is 0 Å². The molecule has 2 aromatic rings. The number of hydrazine groups is 1. The highest BCUT2D eigenvalue weighted by Gasteiger charge is 2.26. The van der Waals surface area contributed by atoms with Crippen LogP contribution in [-0.2, 0) is 14.8 Å². The third-order valence-corrected chi connectivity index (χ3v) is 5.99. The lowest BCUT2D eigenvalue weighted by molar-refractivity contribution is 0.0730. The van der Waals surface area contributed by atoms with Gasteiger partial charge in [0.2, 0.25) is 10.0 Å². The van der Waals surface area contributed by atoms with Gasteiger partial charge in [-0.2, -0.15) is 4.31 Å². The normalized spacial score (nSPS) is 15.0. The molecule has 0 radical (unpaired) electrons. The number of morpholine rings is 1. The monoisotopic (exact) mass is 407 g/mol. The fraction of sp³-hybridized carbons (Fsp3) is 0.222. The summed E-state index contributed by atoms with van der Waals surface area (Å²) in [5.74, 6) is -1.81. The molecule has 0 aromatic heterocycles. The fourth-order valence-electron chi connectivity index (χ4n) is 2.59. The van der Waals surface area contributed by atoms with E-state index in [4.69, 9.17) is 4.74 Å². The van der Waals surface area contributed by atoms with Crippen molar-refractivity contribution in [1.29, 1.82) is 0 Å². The summed E-state index contributed by atoms with van der Waals surface area (Å²) in [5.41, 5.74) is 4.63. The van der Waals surface area contributed by atoms with Crippen molar-refractivity contribution in [3.63, 3.8) is 0 Å². The molecule has 28 heavy (non-hydrogen) atoms. The van der Waals surface area contributed by atoms with Gasteiger partial charge in [0, 0.05) is 24.2 Å². The number of nitrogens with one attached hydrogen (secondary N) is 2. The van der Waals surface area contributed by atoms with E-state index in [2.05, 4.69) is 10.9 Å². The molecule has 0 unspecified atom stereocenters. The van der Waals surface area contributed by atoms with E-state index >= 15 is 0 Å². The topological polar surface area (TPSA) is 105 Å². The summed E-state index contributed by atoms with van der Waals surface area (Å²) in [4.78, 5) is 24.2. The number of ether oxygens (including phenoxy) is 1. The minimum absolute atomic E-state index is 0.0214. The van der Waals surface area contributed by atoms with Crippen LogP contribution in [-0.4, -0.2) is 50.8 Å². The number of halogens is 1. The van der Waals surface area contributed by atoms with E-state index in [-0.39, 0.29) is 29.1 Å². The van der Waals surface area contributed by atoms with Gasteiger partial charge in [-0.3, -0.25) is 20.4 Å². The SMILES string of the molecule is O=C(NNC(=O)c1cccc(S(=O)(=O)N2CCOCC2)c1)c1ccc(F)cc1. The van der Waals surface area contributed by atoms with Gasteiger partial charge in [-0.1, -0.05) is 6.07 Å². The molecule has 1 heterocycles. The van der Waals surface area contributed by atoms with E-state index in [1.54, 1.807) is 0 Å². The Labute approximate surface area is 161 Å². The highest BCUT2D eigenvalue weighted by molar-refractivity contribution is 7.89. The standard InChI is InChI=1S/C18H18FN3O5S/c19-15-6-4-13(5-7-15)17(23)20-21-18(24)14-2-1-3-16(12-14)28(25,26)22-8-10-27-11-9-22/h1-7,12H,8-11H2,(H,20,23)(H,21,24). The Morgan fingerprint density at radius 3 is 2.18 bits per heavy atom. The Kier molecular flexibility index (Phi) is 6.02. The van der Waals surface area contributed by atoms with Crippen molar-refractivity contribution in [2.75, 3.05) is 26.3 Å². The number of hydrogen-bond acceptors (Lipinski definition) is 5. The molecule has 0 saturated carbocycles. The molecule has 0 atom stereocenters. The highest BCUT2D eigenvalue weighted by Crippen LogP contribution is 2.18. The maximum Gasteiger partial charge on any atom is 0.269 e. The zero-order chi connectivity index (χ0) is 20.1. The third-order valence-electron chi connectivity index (χ3n) is 4.10. The molecule has 1 fully saturated rings. The van der Waals surface area contributed by atoms with E-state index < -0.39 is 27.7 Å². The fourth-order valence-corrected chi connectivity index (χ4v) is 4.05. The van der Waals surface area contributed by atoms with Crippen LogP contribution in [0.1, 0.15) is 20.7 Å². The minimum Gasteiger partial charge on any atom is -0.379 e. The van der Waals surface area contributed by atoms with Crippen molar-refractivity contribution >= 4 is 21.8 Å². The van der Waals surface area contributed by atoms with Crippen molar-refractivity contribution < 1.29 is 27.1 Å². The second-order valence-corrected chi connectivity index (χ2v) is 7.90. The Balaban J connectivity index is 1.68.